The second-order valence-corrected chi connectivity index (χ2v) is 9.48. The zero-order valence-electron chi connectivity index (χ0n) is 18.7. The molecule has 1 amide bonds. The molecule has 4 rings (SSSR count). The Balaban J connectivity index is 1.43. The molecule has 34 heavy (non-hydrogen) atoms. The van der Waals surface area contributed by atoms with Crippen molar-refractivity contribution in [3.05, 3.63) is 84.4 Å². The molecule has 0 saturated carbocycles. The smallest absolute Gasteiger partial charge is 0.264 e. The summed E-state index contributed by atoms with van der Waals surface area (Å²) in [6, 6.07) is 22.6. The Labute approximate surface area is 199 Å². The highest BCUT2D eigenvalue weighted by Crippen LogP contribution is 2.37. The summed E-state index contributed by atoms with van der Waals surface area (Å²) in [5.41, 5.74) is 1.42. The predicted octanol–water partition coefficient (Wildman–Crippen LogP) is 2.98. The van der Waals surface area contributed by atoms with E-state index >= 15 is 0 Å². The summed E-state index contributed by atoms with van der Waals surface area (Å²) >= 11 is 0. The van der Waals surface area contributed by atoms with Crippen LogP contribution in [0, 0.1) is 0 Å². The van der Waals surface area contributed by atoms with E-state index in [-0.39, 0.29) is 18.0 Å². The molecule has 0 bridgehead atoms. The van der Waals surface area contributed by atoms with E-state index in [0.717, 1.165) is 5.56 Å². The lowest BCUT2D eigenvalue weighted by molar-refractivity contribution is -0.128. The molecular weight excluding hydrogens is 456 g/mol. The number of carbonyl (C=O) groups excluding carboxylic acids is 1. The molecule has 3 aromatic rings. The lowest BCUT2D eigenvalue weighted by Gasteiger charge is -2.34. The predicted molar refractivity (Wildman–Crippen MR) is 127 cm³/mol. The van der Waals surface area contributed by atoms with Crippen molar-refractivity contribution in [2.24, 2.45) is 0 Å². The second kappa shape index (κ2) is 10.6. The molecule has 178 valence electrons. The average Bonchev–Trinajstić information content (AvgIpc) is 2.88. The van der Waals surface area contributed by atoms with Crippen LogP contribution in [0.4, 0.5) is 5.69 Å². The first-order valence-electron chi connectivity index (χ1n) is 10.8. The van der Waals surface area contributed by atoms with Gasteiger partial charge in [-0.1, -0.05) is 42.5 Å². The summed E-state index contributed by atoms with van der Waals surface area (Å²) in [7, 11) is -2.42. The first-order chi connectivity index (χ1) is 16.5. The normalized spacial score (nSPS) is 15.2. The summed E-state index contributed by atoms with van der Waals surface area (Å²) in [5, 5.41) is 2.77. The zero-order valence-corrected chi connectivity index (χ0v) is 19.5. The molecule has 0 aliphatic carbocycles. The number of rotatable bonds is 9. The van der Waals surface area contributed by atoms with Crippen molar-refractivity contribution in [1.82, 2.24) is 5.32 Å². The highest BCUT2D eigenvalue weighted by molar-refractivity contribution is 7.92. The molecule has 0 fully saturated rings. The fraction of sp³-hybridized carbons (Fsp3) is 0.240. The summed E-state index contributed by atoms with van der Waals surface area (Å²) in [4.78, 5) is 12.9. The standard InChI is InChI=1S/C25H26N2O6S/c1-31-20-11-13-21(14-12-20)34(29,30)27-17-24(33-23-10-6-5-9-22(23)27)25(28)26-15-16-32-18-19-7-3-2-4-8-19/h2-14,24H,15-18H2,1H3,(H,26,28)/t24-/m1/s1. The molecule has 1 atom stereocenters. The summed E-state index contributed by atoms with van der Waals surface area (Å²) in [5.74, 6) is 0.465. The third kappa shape index (κ3) is 5.32. The van der Waals surface area contributed by atoms with Gasteiger partial charge in [-0.05, 0) is 42.0 Å². The Hall–Kier alpha value is -3.56. The van der Waals surface area contributed by atoms with E-state index in [1.54, 1.807) is 36.4 Å². The Kier molecular flexibility index (Phi) is 7.34. The van der Waals surface area contributed by atoms with Crippen LogP contribution in [-0.4, -0.2) is 47.2 Å². The minimum Gasteiger partial charge on any atom is -0.497 e. The van der Waals surface area contributed by atoms with Crippen molar-refractivity contribution >= 4 is 21.6 Å². The molecule has 1 heterocycles. The second-order valence-electron chi connectivity index (χ2n) is 7.62. The quantitative estimate of drug-likeness (QED) is 0.472. The number of anilines is 1. The number of methoxy groups -OCH3 is 1. The van der Waals surface area contributed by atoms with Crippen LogP contribution in [-0.2, 0) is 26.2 Å². The first-order valence-corrected chi connectivity index (χ1v) is 12.2. The number of fused-ring (bicyclic) bond motifs is 1. The number of benzene rings is 3. The molecule has 0 radical (unpaired) electrons. The molecule has 0 spiro atoms. The van der Waals surface area contributed by atoms with Crippen molar-refractivity contribution < 1.29 is 27.4 Å². The molecule has 1 N–H and O–H groups in total. The zero-order chi connectivity index (χ0) is 24.0. The van der Waals surface area contributed by atoms with Gasteiger partial charge in [0, 0.05) is 6.54 Å². The Bertz CT molecular complexity index is 1220. The molecule has 0 unspecified atom stereocenters. The van der Waals surface area contributed by atoms with Crippen molar-refractivity contribution in [3.63, 3.8) is 0 Å². The fourth-order valence-corrected chi connectivity index (χ4v) is 5.04. The number of nitrogens with zero attached hydrogens (tertiary/aromatic N) is 1. The van der Waals surface area contributed by atoms with Crippen LogP contribution < -0.4 is 19.1 Å². The minimum atomic E-state index is -3.93. The molecule has 8 nitrogen and oxygen atoms in total. The minimum absolute atomic E-state index is 0.0958. The van der Waals surface area contributed by atoms with Crippen molar-refractivity contribution in [3.8, 4) is 11.5 Å². The van der Waals surface area contributed by atoms with Gasteiger partial charge in [-0.2, -0.15) is 0 Å². The van der Waals surface area contributed by atoms with E-state index in [1.807, 2.05) is 30.3 Å². The van der Waals surface area contributed by atoms with Crippen molar-refractivity contribution in [2.45, 2.75) is 17.6 Å². The van der Waals surface area contributed by atoms with Crippen LogP contribution in [0.2, 0.25) is 0 Å². The van der Waals surface area contributed by atoms with Crippen LogP contribution in [0.15, 0.2) is 83.8 Å². The average molecular weight is 483 g/mol. The Morgan fingerprint density at radius 1 is 1.03 bits per heavy atom. The third-order valence-electron chi connectivity index (χ3n) is 5.33. The van der Waals surface area contributed by atoms with E-state index in [1.165, 1.54) is 23.5 Å². The molecule has 3 aromatic carbocycles. The summed E-state index contributed by atoms with van der Waals surface area (Å²) in [6.45, 7) is 0.885. The van der Waals surface area contributed by atoms with Gasteiger partial charge in [0.25, 0.3) is 15.9 Å². The summed E-state index contributed by atoms with van der Waals surface area (Å²) in [6.07, 6.45) is -1.00. The van der Waals surface area contributed by atoms with Gasteiger partial charge in [-0.25, -0.2) is 8.42 Å². The third-order valence-corrected chi connectivity index (χ3v) is 7.13. The maximum atomic E-state index is 13.4. The molecule has 1 aliphatic heterocycles. The molecule has 0 aromatic heterocycles. The van der Waals surface area contributed by atoms with E-state index < -0.39 is 22.0 Å². The van der Waals surface area contributed by atoms with Crippen molar-refractivity contribution in [2.75, 3.05) is 31.1 Å². The lowest BCUT2D eigenvalue weighted by Crippen LogP contribution is -2.51. The molecular formula is C25H26N2O6S. The van der Waals surface area contributed by atoms with Crippen LogP contribution in [0.5, 0.6) is 11.5 Å². The SMILES string of the molecule is COc1ccc(S(=O)(=O)N2C[C@H](C(=O)NCCOCc3ccccc3)Oc3ccccc32)cc1. The van der Waals surface area contributed by atoms with E-state index in [0.29, 0.717) is 30.4 Å². The Morgan fingerprint density at radius 3 is 2.47 bits per heavy atom. The fourth-order valence-electron chi connectivity index (χ4n) is 3.57. The number of sulfonamides is 1. The number of hydrogen-bond donors (Lipinski definition) is 1. The maximum absolute atomic E-state index is 13.4. The molecule has 1 aliphatic rings. The number of hydrogen-bond acceptors (Lipinski definition) is 6. The van der Waals surface area contributed by atoms with Crippen LogP contribution in [0.3, 0.4) is 0 Å². The van der Waals surface area contributed by atoms with Crippen LogP contribution in [0.1, 0.15) is 5.56 Å². The monoisotopic (exact) mass is 482 g/mol. The van der Waals surface area contributed by atoms with Gasteiger partial charge in [-0.3, -0.25) is 9.10 Å². The van der Waals surface area contributed by atoms with Crippen LogP contribution in [0.25, 0.3) is 0 Å². The van der Waals surface area contributed by atoms with Crippen LogP contribution >= 0.6 is 0 Å². The highest BCUT2D eigenvalue weighted by atomic mass is 32.2. The lowest BCUT2D eigenvalue weighted by atomic mass is 10.2. The van der Waals surface area contributed by atoms with E-state index in [2.05, 4.69) is 5.32 Å². The number of carbonyl (C=O) groups is 1. The topological polar surface area (TPSA) is 94.2 Å². The number of nitrogens with one attached hydrogen (secondary N) is 1. The van der Waals surface area contributed by atoms with Gasteiger partial charge in [0.05, 0.1) is 37.5 Å². The highest BCUT2D eigenvalue weighted by Gasteiger charge is 2.37. The molecule has 9 heteroatoms. The van der Waals surface area contributed by atoms with Gasteiger partial charge in [0.1, 0.15) is 11.5 Å². The van der Waals surface area contributed by atoms with Crippen molar-refractivity contribution in [1.29, 1.82) is 0 Å². The number of ether oxygens (including phenoxy) is 3. The number of para-hydroxylation sites is 2. The number of amides is 1. The maximum Gasteiger partial charge on any atom is 0.264 e. The summed E-state index contributed by atoms with van der Waals surface area (Å²) < 4.78 is 44.6. The van der Waals surface area contributed by atoms with Gasteiger partial charge in [0.2, 0.25) is 0 Å². The first kappa shape index (κ1) is 23.6. The largest absolute Gasteiger partial charge is 0.497 e. The van der Waals surface area contributed by atoms with E-state index in [4.69, 9.17) is 14.2 Å². The van der Waals surface area contributed by atoms with Gasteiger partial charge >= 0.3 is 0 Å². The molecule has 0 saturated heterocycles. The van der Waals surface area contributed by atoms with E-state index in [9.17, 15) is 13.2 Å². The van der Waals surface area contributed by atoms with Gasteiger partial charge < -0.3 is 19.5 Å². The van der Waals surface area contributed by atoms with Gasteiger partial charge in [-0.15, -0.1) is 0 Å². The Morgan fingerprint density at radius 2 is 1.74 bits per heavy atom. The van der Waals surface area contributed by atoms with Gasteiger partial charge in [0.15, 0.2) is 6.10 Å².